The molecule has 1 amide bonds. The molecule has 0 saturated carbocycles. The lowest BCUT2D eigenvalue weighted by Gasteiger charge is -2.18. The van der Waals surface area contributed by atoms with Crippen LogP contribution in [-0.4, -0.2) is 42.1 Å². The fourth-order valence-electron chi connectivity index (χ4n) is 1.63. The van der Waals surface area contributed by atoms with E-state index in [-0.39, 0.29) is 12.5 Å². The normalized spacial score (nSPS) is 10.1. The van der Waals surface area contributed by atoms with Gasteiger partial charge in [-0.3, -0.25) is 9.59 Å². The maximum Gasteiger partial charge on any atom is 0.323 e. The molecule has 0 spiro atoms. The second-order valence-electron chi connectivity index (χ2n) is 3.85. The van der Waals surface area contributed by atoms with Crippen LogP contribution in [0.3, 0.4) is 0 Å². The van der Waals surface area contributed by atoms with E-state index in [0.29, 0.717) is 18.7 Å². The Bertz CT molecular complexity index is 431. The van der Waals surface area contributed by atoms with Crippen LogP contribution in [0.2, 0.25) is 0 Å². The summed E-state index contributed by atoms with van der Waals surface area (Å²) in [5.74, 6) is -1.30. The Labute approximate surface area is 106 Å². The van der Waals surface area contributed by atoms with Gasteiger partial charge in [0.2, 0.25) is 0 Å². The number of benzene rings is 1. The van der Waals surface area contributed by atoms with E-state index in [1.54, 1.807) is 32.2 Å². The van der Waals surface area contributed by atoms with Crippen LogP contribution in [-0.2, 0) is 16.1 Å². The smallest absolute Gasteiger partial charge is 0.323 e. The topological polar surface area (TPSA) is 66.8 Å². The lowest BCUT2D eigenvalue weighted by Crippen LogP contribution is -2.35. The monoisotopic (exact) mass is 251 g/mol. The Kier molecular flexibility index (Phi) is 5.32. The summed E-state index contributed by atoms with van der Waals surface area (Å²) in [6.45, 7) is 2.25. The number of carboxylic acid groups (broad SMARTS) is 1. The fourth-order valence-corrected chi connectivity index (χ4v) is 1.63. The number of nitrogens with zero attached hydrogens (tertiary/aromatic N) is 1. The van der Waals surface area contributed by atoms with Crippen molar-refractivity contribution < 1.29 is 19.4 Å². The molecule has 0 heterocycles. The second-order valence-corrected chi connectivity index (χ2v) is 3.85. The number of likely N-dealkylation sites (N-methyl/N-ethyl adjacent to an activating group) is 1. The minimum Gasteiger partial charge on any atom is -0.480 e. The second kappa shape index (κ2) is 6.76. The third kappa shape index (κ3) is 3.85. The highest BCUT2D eigenvalue weighted by Crippen LogP contribution is 2.09. The van der Waals surface area contributed by atoms with E-state index in [1.807, 2.05) is 6.07 Å². The van der Waals surface area contributed by atoms with E-state index in [0.717, 1.165) is 5.56 Å². The van der Waals surface area contributed by atoms with Crippen molar-refractivity contribution in [3.63, 3.8) is 0 Å². The molecule has 1 aromatic carbocycles. The SMILES string of the molecule is CCN(CC(=O)O)C(=O)c1cccc(COC)c1. The van der Waals surface area contributed by atoms with Crippen molar-refractivity contribution in [1.29, 1.82) is 0 Å². The van der Waals surface area contributed by atoms with Gasteiger partial charge in [0.1, 0.15) is 6.54 Å². The molecule has 0 aliphatic heterocycles. The molecule has 0 fully saturated rings. The number of hydrogen-bond donors (Lipinski definition) is 1. The number of ether oxygens (including phenoxy) is 1. The third-order valence-corrected chi connectivity index (χ3v) is 2.48. The summed E-state index contributed by atoms with van der Waals surface area (Å²) < 4.78 is 4.99. The van der Waals surface area contributed by atoms with Crippen molar-refractivity contribution in [2.75, 3.05) is 20.2 Å². The van der Waals surface area contributed by atoms with Gasteiger partial charge in [-0.05, 0) is 24.6 Å². The zero-order chi connectivity index (χ0) is 13.5. The molecule has 0 bridgehead atoms. The zero-order valence-electron chi connectivity index (χ0n) is 10.5. The predicted octanol–water partition coefficient (Wildman–Crippen LogP) is 1.38. The Hall–Kier alpha value is -1.88. The fraction of sp³-hybridized carbons (Fsp3) is 0.385. The van der Waals surface area contributed by atoms with E-state index in [4.69, 9.17) is 9.84 Å². The lowest BCUT2D eigenvalue weighted by molar-refractivity contribution is -0.137. The van der Waals surface area contributed by atoms with Gasteiger partial charge in [-0.25, -0.2) is 0 Å². The molecular formula is C13H17NO4. The van der Waals surface area contributed by atoms with Crippen LogP contribution in [0, 0.1) is 0 Å². The molecule has 0 saturated heterocycles. The third-order valence-electron chi connectivity index (χ3n) is 2.48. The van der Waals surface area contributed by atoms with Crippen molar-refractivity contribution in [3.05, 3.63) is 35.4 Å². The van der Waals surface area contributed by atoms with Crippen molar-refractivity contribution in [1.82, 2.24) is 4.90 Å². The molecule has 1 N–H and O–H groups in total. The Morgan fingerprint density at radius 3 is 2.67 bits per heavy atom. The van der Waals surface area contributed by atoms with Crippen molar-refractivity contribution in [3.8, 4) is 0 Å². The number of rotatable bonds is 6. The molecule has 98 valence electrons. The average molecular weight is 251 g/mol. The first-order chi connectivity index (χ1) is 8.58. The van der Waals surface area contributed by atoms with Crippen LogP contribution in [0.15, 0.2) is 24.3 Å². The summed E-state index contributed by atoms with van der Waals surface area (Å²) in [7, 11) is 1.58. The molecule has 0 aromatic heterocycles. The Morgan fingerprint density at radius 1 is 1.39 bits per heavy atom. The van der Waals surface area contributed by atoms with Crippen molar-refractivity contribution >= 4 is 11.9 Å². The van der Waals surface area contributed by atoms with Gasteiger partial charge in [-0.2, -0.15) is 0 Å². The molecule has 0 unspecified atom stereocenters. The van der Waals surface area contributed by atoms with Crippen LogP contribution >= 0.6 is 0 Å². The highest BCUT2D eigenvalue weighted by Gasteiger charge is 2.16. The van der Waals surface area contributed by atoms with Crippen LogP contribution in [0.25, 0.3) is 0 Å². The summed E-state index contributed by atoms with van der Waals surface area (Å²) in [6.07, 6.45) is 0. The number of carbonyl (C=O) groups is 2. The van der Waals surface area contributed by atoms with E-state index >= 15 is 0 Å². The maximum absolute atomic E-state index is 12.1. The van der Waals surface area contributed by atoms with E-state index in [2.05, 4.69) is 0 Å². The first-order valence-corrected chi connectivity index (χ1v) is 5.67. The quantitative estimate of drug-likeness (QED) is 0.829. The minimum absolute atomic E-state index is 0.280. The predicted molar refractivity (Wildman–Crippen MR) is 66.4 cm³/mol. The van der Waals surface area contributed by atoms with E-state index in [1.165, 1.54) is 4.90 Å². The summed E-state index contributed by atoms with van der Waals surface area (Å²) >= 11 is 0. The molecule has 1 aromatic rings. The van der Waals surface area contributed by atoms with Crippen LogP contribution < -0.4 is 0 Å². The lowest BCUT2D eigenvalue weighted by atomic mass is 10.1. The summed E-state index contributed by atoms with van der Waals surface area (Å²) in [4.78, 5) is 24.0. The molecule has 18 heavy (non-hydrogen) atoms. The van der Waals surface area contributed by atoms with Gasteiger partial charge in [0, 0.05) is 19.2 Å². The van der Waals surface area contributed by atoms with Gasteiger partial charge in [-0.15, -0.1) is 0 Å². The molecule has 0 atom stereocenters. The standard InChI is InChI=1S/C13H17NO4/c1-3-14(8-12(15)16)13(17)11-6-4-5-10(7-11)9-18-2/h4-7H,3,8-9H2,1-2H3,(H,15,16). The summed E-state index contributed by atoms with van der Waals surface area (Å²) in [6, 6.07) is 7.01. The molecule has 0 radical (unpaired) electrons. The van der Waals surface area contributed by atoms with Gasteiger partial charge in [0.15, 0.2) is 0 Å². The maximum atomic E-state index is 12.1. The van der Waals surface area contributed by atoms with Crippen molar-refractivity contribution in [2.24, 2.45) is 0 Å². The Morgan fingerprint density at radius 2 is 2.11 bits per heavy atom. The van der Waals surface area contributed by atoms with Gasteiger partial charge in [0.05, 0.1) is 6.61 Å². The summed E-state index contributed by atoms with van der Waals surface area (Å²) in [5.41, 5.74) is 1.36. The number of carboxylic acids is 1. The first kappa shape index (κ1) is 14.2. The first-order valence-electron chi connectivity index (χ1n) is 5.67. The zero-order valence-corrected chi connectivity index (χ0v) is 10.5. The molecule has 1 rings (SSSR count). The molecule has 5 nitrogen and oxygen atoms in total. The largest absolute Gasteiger partial charge is 0.480 e. The highest BCUT2D eigenvalue weighted by atomic mass is 16.5. The molecule has 5 heteroatoms. The Balaban J connectivity index is 2.87. The van der Waals surface area contributed by atoms with Gasteiger partial charge < -0.3 is 14.7 Å². The molecular weight excluding hydrogens is 234 g/mol. The number of hydrogen-bond acceptors (Lipinski definition) is 3. The van der Waals surface area contributed by atoms with Gasteiger partial charge in [0.25, 0.3) is 5.91 Å². The van der Waals surface area contributed by atoms with E-state index in [9.17, 15) is 9.59 Å². The van der Waals surface area contributed by atoms with Gasteiger partial charge in [-0.1, -0.05) is 12.1 Å². The number of methoxy groups -OCH3 is 1. The summed E-state index contributed by atoms with van der Waals surface area (Å²) in [5, 5.41) is 8.74. The minimum atomic E-state index is -1.02. The van der Waals surface area contributed by atoms with Crippen molar-refractivity contribution in [2.45, 2.75) is 13.5 Å². The van der Waals surface area contributed by atoms with Crippen LogP contribution in [0.4, 0.5) is 0 Å². The van der Waals surface area contributed by atoms with Crippen LogP contribution in [0.5, 0.6) is 0 Å². The number of aliphatic carboxylic acids is 1. The number of carbonyl (C=O) groups excluding carboxylic acids is 1. The molecule has 0 aliphatic carbocycles. The highest BCUT2D eigenvalue weighted by molar-refractivity contribution is 5.95. The average Bonchev–Trinajstić information content (AvgIpc) is 2.35. The van der Waals surface area contributed by atoms with E-state index < -0.39 is 5.97 Å². The van der Waals surface area contributed by atoms with Gasteiger partial charge >= 0.3 is 5.97 Å². The number of amides is 1. The molecule has 0 aliphatic rings. The van der Waals surface area contributed by atoms with Crippen LogP contribution in [0.1, 0.15) is 22.8 Å².